The highest BCUT2D eigenvalue weighted by atomic mass is 19.1. The molecule has 2 rings (SSSR count). The predicted octanol–water partition coefficient (Wildman–Crippen LogP) is 2.86. The molecule has 2 aromatic rings. The molecular weight excluding hydrogens is 243 g/mol. The fourth-order valence-corrected chi connectivity index (χ4v) is 2.25. The molecule has 0 bridgehead atoms. The smallest absolute Gasteiger partial charge is 0.146 e. The molecule has 4 heteroatoms. The Balaban J connectivity index is 2.27. The predicted molar refractivity (Wildman–Crippen MR) is 74.7 cm³/mol. The van der Waals surface area contributed by atoms with E-state index < -0.39 is 0 Å². The number of benzene rings is 1. The highest BCUT2D eigenvalue weighted by molar-refractivity contribution is 5.55. The van der Waals surface area contributed by atoms with E-state index in [-0.39, 0.29) is 5.82 Å². The minimum Gasteiger partial charge on any atom is -0.469 e. The SMILES string of the molecule is Cc1occc1CN(C)c1c(F)cccc1CCN. The summed E-state index contributed by atoms with van der Waals surface area (Å²) < 4.78 is 19.3. The van der Waals surface area contributed by atoms with E-state index in [0.717, 1.165) is 16.9 Å². The first-order chi connectivity index (χ1) is 9.13. The van der Waals surface area contributed by atoms with Gasteiger partial charge in [-0.1, -0.05) is 12.1 Å². The Morgan fingerprint density at radius 2 is 2.05 bits per heavy atom. The van der Waals surface area contributed by atoms with Crippen LogP contribution >= 0.6 is 0 Å². The van der Waals surface area contributed by atoms with Crippen LogP contribution in [-0.4, -0.2) is 13.6 Å². The highest BCUT2D eigenvalue weighted by Crippen LogP contribution is 2.26. The maximum absolute atomic E-state index is 14.0. The molecule has 0 unspecified atom stereocenters. The van der Waals surface area contributed by atoms with Gasteiger partial charge in [-0.05, 0) is 37.6 Å². The molecule has 1 heterocycles. The van der Waals surface area contributed by atoms with Gasteiger partial charge in [-0.3, -0.25) is 0 Å². The topological polar surface area (TPSA) is 42.4 Å². The number of hydrogen-bond acceptors (Lipinski definition) is 3. The lowest BCUT2D eigenvalue weighted by atomic mass is 10.1. The lowest BCUT2D eigenvalue weighted by Gasteiger charge is -2.22. The van der Waals surface area contributed by atoms with Crippen molar-refractivity contribution in [3.05, 3.63) is 53.2 Å². The van der Waals surface area contributed by atoms with Crippen LogP contribution in [0.1, 0.15) is 16.9 Å². The third kappa shape index (κ3) is 2.96. The summed E-state index contributed by atoms with van der Waals surface area (Å²) in [4.78, 5) is 1.90. The lowest BCUT2D eigenvalue weighted by Crippen LogP contribution is -2.20. The van der Waals surface area contributed by atoms with Gasteiger partial charge in [-0.15, -0.1) is 0 Å². The fraction of sp³-hybridized carbons (Fsp3) is 0.333. The molecule has 0 saturated heterocycles. The van der Waals surface area contributed by atoms with Crippen LogP contribution in [0.25, 0.3) is 0 Å². The summed E-state index contributed by atoms with van der Waals surface area (Å²) in [6, 6.07) is 7.04. The minimum atomic E-state index is -0.213. The van der Waals surface area contributed by atoms with Crippen molar-refractivity contribution in [1.82, 2.24) is 0 Å². The molecule has 0 amide bonds. The van der Waals surface area contributed by atoms with Crippen LogP contribution in [0.15, 0.2) is 34.9 Å². The molecule has 0 atom stereocenters. The van der Waals surface area contributed by atoms with Gasteiger partial charge in [0.1, 0.15) is 11.6 Å². The van der Waals surface area contributed by atoms with Crippen molar-refractivity contribution in [2.75, 3.05) is 18.5 Å². The Labute approximate surface area is 112 Å². The van der Waals surface area contributed by atoms with Gasteiger partial charge in [0.25, 0.3) is 0 Å². The van der Waals surface area contributed by atoms with Crippen LogP contribution in [0, 0.1) is 12.7 Å². The average Bonchev–Trinajstić information content (AvgIpc) is 2.75. The largest absolute Gasteiger partial charge is 0.469 e. The number of hydrogen-bond donors (Lipinski definition) is 1. The van der Waals surface area contributed by atoms with Crippen LogP contribution in [0.3, 0.4) is 0 Å². The number of rotatable bonds is 5. The van der Waals surface area contributed by atoms with Crippen LogP contribution in [0.5, 0.6) is 0 Å². The zero-order valence-corrected chi connectivity index (χ0v) is 11.3. The van der Waals surface area contributed by atoms with Crippen molar-refractivity contribution in [3.8, 4) is 0 Å². The van der Waals surface area contributed by atoms with Crippen LogP contribution in [0.2, 0.25) is 0 Å². The third-order valence-electron chi connectivity index (χ3n) is 3.24. The van der Waals surface area contributed by atoms with Gasteiger partial charge in [0.2, 0.25) is 0 Å². The van der Waals surface area contributed by atoms with Gasteiger partial charge in [0, 0.05) is 19.2 Å². The second-order valence-corrected chi connectivity index (χ2v) is 4.64. The number of aryl methyl sites for hydroxylation is 1. The van der Waals surface area contributed by atoms with Crippen molar-refractivity contribution in [3.63, 3.8) is 0 Å². The molecule has 102 valence electrons. The molecule has 1 aromatic carbocycles. The molecule has 0 saturated carbocycles. The average molecular weight is 262 g/mol. The maximum Gasteiger partial charge on any atom is 0.146 e. The van der Waals surface area contributed by atoms with Crippen molar-refractivity contribution >= 4 is 5.69 Å². The summed E-state index contributed by atoms with van der Waals surface area (Å²) in [5.74, 6) is 0.651. The Bertz CT molecular complexity index is 551. The fourth-order valence-electron chi connectivity index (χ4n) is 2.25. The summed E-state index contributed by atoms with van der Waals surface area (Å²) >= 11 is 0. The van der Waals surface area contributed by atoms with Gasteiger partial charge < -0.3 is 15.1 Å². The second-order valence-electron chi connectivity index (χ2n) is 4.64. The van der Waals surface area contributed by atoms with Gasteiger partial charge in [-0.25, -0.2) is 4.39 Å². The molecule has 0 radical (unpaired) electrons. The summed E-state index contributed by atoms with van der Waals surface area (Å²) in [5, 5.41) is 0. The van der Waals surface area contributed by atoms with E-state index in [9.17, 15) is 4.39 Å². The number of nitrogens with two attached hydrogens (primary N) is 1. The lowest BCUT2D eigenvalue weighted by molar-refractivity contribution is 0.529. The first-order valence-electron chi connectivity index (χ1n) is 6.35. The van der Waals surface area contributed by atoms with Gasteiger partial charge in [0.05, 0.1) is 12.0 Å². The molecule has 1 aromatic heterocycles. The number of halogens is 1. The highest BCUT2D eigenvalue weighted by Gasteiger charge is 2.14. The zero-order valence-electron chi connectivity index (χ0n) is 11.3. The van der Waals surface area contributed by atoms with Crippen LogP contribution in [0.4, 0.5) is 10.1 Å². The molecule has 0 fully saturated rings. The number of furan rings is 1. The molecule has 3 nitrogen and oxygen atoms in total. The summed E-state index contributed by atoms with van der Waals surface area (Å²) in [7, 11) is 1.88. The monoisotopic (exact) mass is 262 g/mol. The first-order valence-corrected chi connectivity index (χ1v) is 6.35. The van der Waals surface area contributed by atoms with E-state index in [1.165, 1.54) is 6.07 Å². The van der Waals surface area contributed by atoms with Gasteiger partial charge in [-0.2, -0.15) is 0 Å². The molecule has 19 heavy (non-hydrogen) atoms. The first kappa shape index (κ1) is 13.6. The summed E-state index contributed by atoms with van der Waals surface area (Å²) in [6.07, 6.45) is 2.32. The standard InChI is InChI=1S/C15H19FN2O/c1-11-13(7-9-19-11)10-18(2)15-12(6-8-17)4-3-5-14(15)16/h3-5,7,9H,6,8,10,17H2,1-2H3. The molecule has 0 aliphatic rings. The van der Waals surface area contributed by atoms with Gasteiger partial charge in [0.15, 0.2) is 0 Å². The van der Waals surface area contributed by atoms with E-state index in [4.69, 9.17) is 10.2 Å². The van der Waals surface area contributed by atoms with Gasteiger partial charge >= 0.3 is 0 Å². The molecule has 0 aliphatic heterocycles. The molecular formula is C15H19FN2O. The molecule has 0 aliphatic carbocycles. The summed E-state index contributed by atoms with van der Waals surface area (Å²) in [5.41, 5.74) is 8.20. The Hall–Kier alpha value is -1.81. The maximum atomic E-state index is 14.0. The Morgan fingerprint density at radius 3 is 2.68 bits per heavy atom. The van der Waals surface area contributed by atoms with Crippen molar-refractivity contribution in [1.29, 1.82) is 0 Å². The van der Waals surface area contributed by atoms with Crippen molar-refractivity contribution in [2.24, 2.45) is 5.73 Å². The van der Waals surface area contributed by atoms with E-state index in [2.05, 4.69) is 0 Å². The van der Waals surface area contributed by atoms with E-state index >= 15 is 0 Å². The van der Waals surface area contributed by atoms with Crippen molar-refractivity contribution < 1.29 is 8.81 Å². The molecule has 2 N–H and O–H groups in total. The number of nitrogens with zero attached hydrogens (tertiary/aromatic N) is 1. The zero-order chi connectivity index (χ0) is 13.8. The summed E-state index contributed by atoms with van der Waals surface area (Å²) in [6.45, 7) is 3.03. The van der Waals surface area contributed by atoms with Crippen LogP contribution in [-0.2, 0) is 13.0 Å². The second kappa shape index (κ2) is 5.89. The number of anilines is 1. The minimum absolute atomic E-state index is 0.213. The van der Waals surface area contributed by atoms with Crippen LogP contribution < -0.4 is 10.6 Å². The quantitative estimate of drug-likeness (QED) is 0.901. The Morgan fingerprint density at radius 1 is 1.26 bits per heavy atom. The van der Waals surface area contributed by atoms with Crippen molar-refractivity contribution in [2.45, 2.75) is 19.9 Å². The Kier molecular flexibility index (Phi) is 4.22. The normalized spacial score (nSPS) is 10.7. The molecule has 0 spiro atoms. The van der Waals surface area contributed by atoms with E-state index in [1.54, 1.807) is 12.3 Å². The third-order valence-corrected chi connectivity index (χ3v) is 3.24. The number of para-hydroxylation sites is 1. The van der Waals surface area contributed by atoms with E-state index in [1.807, 2.05) is 31.0 Å². The van der Waals surface area contributed by atoms with E-state index in [0.29, 0.717) is 25.2 Å².